The van der Waals surface area contributed by atoms with Crippen LogP contribution in [0.15, 0.2) is 71.6 Å². The van der Waals surface area contributed by atoms with Crippen molar-refractivity contribution in [3.8, 4) is 0 Å². The maximum Gasteiger partial charge on any atom is 0.274 e. The minimum atomic E-state index is -3.60. The number of benzene rings is 3. The van der Waals surface area contributed by atoms with Crippen LogP contribution < -0.4 is 15.1 Å². The third-order valence-corrected chi connectivity index (χ3v) is 7.93. The lowest BCUT2D eigenvalue weighted by Crippen LogP contribution is -2.44. The van der Waals surface area contributed by atoms with Gasteiger partial charge in [0.1, 0.15) is 0 Å². The summed E-state index contributed by atoms with van der Waals surface area (Å²) in [7, 11) is -3.60. The van der Waals surface area contributed by atoms with Gasteiger partial charge in [0.2, 0.25) is 10.0 Å². The van der Waals surface area contributed by atoms with Gasteiger partial charge in [-0.3, -0.25) is 9.63 Å². The van der Waals surface area contributed by atoms with Crippen LogP contribution in [0, 0.1) is 0 Å². The Morgan fingerprint density at radius 2 is 1.67 bits per heavy atom. The Morgan fingerprint density at radius 3 is 2.39 bits per heavy atom. The highest BCUT2D eigenvalue weighted by Gasteiger charge is 2.25. The number of carbonyl (C=O) groups excluding carboxylic acids is 1. The molecule has 1 heterocycles. The fourth-order valence-corrected chi connectivity index (χ4v) is 5.68. The maximum absolute atomic E-state index is 13.0. The van der Waals surface area contributed by atoms with Crippen LogP contribution in [0.25, 0.3) is 10.8 Å². The molecule has 9 heteroatoms. The van der Waals surface area contributed by atoms with Crippen LogP contribution in [0.3, 0.4) is 0 Å². The second kappa shape index (κ2) is 12.3. The number of hydroxylamine groups is 1. The summed E-state index contributed by atoms with van der Waals surface area (Å²) >= 11 is 0. The van der Waals surface area contributed by atoms with Crippen LogP contribution in [0.5, 0.6) is 0 Å². The summed E-state index contributed by atoms with van der Waals surface area (Å²) in [6.45, 7) is 2.00. The summed E-state index contributed by atoms with van der Waals surface area (Å²) in [6, 6.07) is 20.1. The predicted molar refractivity (Wildman–Crippen MR) is 140 cm³/mol. The van der Waals surface area contributed by atoms with Gasteiger partial charge in [0.15, 0.2) is 0 Å². The van der Waals surface area contributed by atoms with Crippen LogP contribution in [0.2, 0.25) is 0 Å². The van der Waals surface area contributed by atoms with Crippen molar-refractivity contribution >= 4 is 32.4 Å². The Labute approximate surface area is 212 Å². The molecule has 0 radical (unpaired) electrons. The van der Waals surface area contributed by atoms with Crippen LogP contribution in [-0.4, -0.2) is 51.8 Å². The number of sulfonamides is 1. The number of hydrogen-bond donors (Lipinski definition) is 3. The molecule has 192 valence electrons. The summed E-state index contributed by atoms with van der Waals surface area (Å²) in [4.78, 5) is 19.9. The summed E-state index contributed by atoms with van der Waals surface area (Å²) in [5.74, 6) is -0.300. The van der Waals surface area contributed by atoms with Gasteiger partial charge in [-0.15, -0.1) is 0 Å². The van der Waals surface area contributed by atoms with Crippen LogP contribution in [0.1, 0.15) is 42.5 Å². The lowest BCUT2D eigenvalue weighted by Gasteiger charge is -2.33. The average molecular weight is 512 g/mol. The van der Waals surface area contributed by atoms with Gasteiger partial charge >= 0.3 is 0 Å². The van der Waals surface area contributed by atoms with E-state index >= 15 is 0 Å². The predicted octanol–water partition coefficient (Wildman–Crippen LogP) is 3.61. The van der Waals surface area contributed by atoms with Gasteiger partial charge in [-0.05, 0) is 79.3 Å². The number of rotatable bonds is 11. The zero-order valence-electron chi connectivity index (χ0n) is 20.2. The van der Waals surface area contributed by atoms with Crippen LogP contribution >= 0.6 is 0 Å². The fourth-order valence-electron chi connectivity index (χ4n) is 4.34. The second-order valence-corrected chi connectivity index (χ2v) is 10.7. The van der Waals surface area contributed by atoms with Gasteiger partial charge in [-0.1, -0.05) is 30.3 Å². The molecule has 1 aliphatic heterocycles. The maximum atomic E-state index is 13.0. The van der Waals surface area contributed by atoms with Crippen molar-refractivity contribution in [2.45, 2.75) is 43.0 Å². The number of aliphatic hydroxyl groups is 1. The molecule has 8 nitrogen and oxygen atoms in total. The Morgan fingerprint density at radius 1 is 0.944 bits per heavy atom. The van der Waals surface area contributed by atoms with Crippen molar-refractivity contribution in [2.75, 3.05) is 31.2 Å². The van der Waals surface area contributed by atoms with E-state index in [-0.39, 0.29) is 23.5 Å². The first kappa shape index (κ1) is 26.1. The number of nitrogens with one attached hydrogen (secondary N) is 2. The van der Waals surface area contributed by atoms with Crippen molar-refractivity contribution in [1.82, 2.24) is 10.2 Å². The normalized spacial score (nSPS) is 14.8. The SMILES string of the molecule is O=C(NOCCCCCO)c1ccc(N2CCC(NS(=O)(=O)c3ccc4ccccc4c3)CC2)cc1. The van der Waals surface area contributed by atoms with E-state index in [1.54, 1.807) is 24.3 Å². The van der Waals surface area contributed by atoms with E-state index in [1.165, 1.54) is 0 Å². The molecular formula is C27H33N3O5S. The van der Waals surface area contributed by atoms with E-state index in [0.717, 1.165) is 35.7 Å². The molecule has 4 rings (SSSR count). The number of nitrogens with zero attached hydrogens (tertiary/aromatic N) is 1. The minimum Gasteiger partial charge on any atom is -0.396 e. The van der Waals surface area contributed by atoms with Crippen molar-refractivity contribution in [3.63, 3.8) is 0 Å². The molecule has 1 aliphatic rings. The number of aliphatic hydroxyl groups excluding tert-OH is 1. The van der Waals surface area contributed by atoms with E-state index in [1.807, 2.05) is 42.5 Å². The summed E-state index contributed by atoms with van der Waals surface area (Å²) in [5, 5.41) is 10.7. The number of carbonyl (C=O) groups is 1. The number of fused-ring (bicyclic) bond motifs is 1. The highest BCUT2D eigenvalue weighted by atomic mass is 32.2. The number of piperidine rings is 1. The summed E-state index contributed by atoms with van der Waals surface area (Å²) in [6.07, 6.45) is 3.74. The summed E-state index contributed by atoms with van der Waals surface area (Å²) in [5.41, 5.74) is 3.94. The van der Waals surface area contributed by atoms with Crippen molar-refractivity contribution in [1.29, 1.82) is 0 Å². The van der Waals surface area contributed by atoms with E-state index in [9.17, 15) is 13.2 Å². The highest BCUT2D eigenvalue weighted by Crippen LogP contribution is 2.23. The molecule has 1 fully saturated rings. The quantitative estimate of drug-likeness (QED) is 0.268. The Hall–Kier alpha value is -2.98. The van der Waals surface area contributed by atoms with E-state index in [0.29, 0.717) is 38.1 Å². The Kier molecular flexibility index (Phi) is 8.93. The van der Waals surface area contributed by atoms with Gasteiger partial charge in [0, 0.05) is 37.0 Å². The van der Waals surface area contributed by atoms with Crippen molar-refractivity contribution < 1.29 is 23.2 Å². The third-order valence-electron chi connectivity index (χ3n) is 6.41. The monoisotopic (exact) mass is 511 g/mol. The largest absolute Gasteiger partial charge is 0.396 e. The van der Waals surface area contributed by atoms with Gasteiger partial charge in [0.05, 0.1) is 11.5 Å². The van der Waals surface area contributed by atoms with Gasteiger partial charge in [-0.25, -0.2) is 18.6 Å². The van der Waals surface area contributed by atoms with Gasteiger partial charge < -0.3 is 10.0 Å². The molecule has 3 N–H and O–H groups in total. The molecule has 0 aliphatic carbocycles. The second-order valence-electron chi connectivity index (χ2n) is 9.00. The first-order valence-electron chi connectivity index (χ1n) is 12.4. The molecule has 0 spiro atoms. The minimum absolute atomic E-state index is 0.128. The molecule has 1 amide bonds. The zero-order chi connectivity index (χ0) is 25.4. The van der Waals surface area contributed by atoms with E-state index < -0.39 is 10.0 Å². The summed E-state index contributed by atoms with van der Waals surface area (Å²) < 4.78 is 28.8. The zero-order valence-corrected chi connectivity index (χ0v) is 21.0. The first-order valence-corrected chi connectivity index (χ1v) is 13.8. The standard InChI is InChI=1S/C27H33N3O5S/c31-18-4-1-5-19-35-28-27(32)22-8-11-25(12-9-22)30-16-14-24(15-17-30)29-36(33,34)26-13-10-21-6-2-3-7-23(21)20-26/h2-3,6-13,20,24,29,31H,1,4-5,14-19H2,(H,28,32). The van der Waals surface area contributed by atoms with Gasteiger partial charge in [-0.2, -0.15) is 0 Å². The van der Waals surface area contributed by atoms with Crippen molar-refractivity contribution in [3.05, 3.63) is 72.3 Å². The smallest absolute Gasteiger partial charge is 0.274 e. The molecule has 0 bridgehead atoms. The number of hydrogen-bond acceptors (Lipinski definition) is 6. The van der Waals surface area contributed by atoms with Crippen molar-refractivity contribution in [2.24, 2.45) is 0 Å². The average Bonchev–Trinajstić information content (AvgIpc) is 2.90. The van der Waals surface area contributed by atoms with Crippen LogP contribution in [-0.2, 0) is 14.9 Å². The molecule has 0 unspecified atom stereocenters. The fraction of sp³-hybridized carbons (Fsp3) is 0.370. The third kappa shape index (κ3) is 6.82. The number of unbranched alkanes of at least 4 members (excludes halogenated alkanes) is 2. The molecular weight excluding hydrogens is 478 g/mol. The molecule has 3 aromatic rings. The topological polar surface area (TPSA) is 108 Å². The van der Waals surface area contributed by atoms with E-state index in [2.05, 4.69) is 15.1 Å². The molecule has 1 saturated heterocycles. The molecule has 0 atom stereocenters. The number of anilines is 1. The molecule has 3 aromatic carbocycles. The van der Waals surface area contributed by atoms with Gasteiger partial charge in [0.25, 0.3) is 5.91 Å². The Balaban J connectivity index is 1.26. The highest BCUT2D eigenvalue weighted by molar-refractivity contribution is 7.89. The lowest BCUT2D eigenvalue weighted by atomic mass is 10.0. The first-order chi connectivity index (χ1) is 17.5. The number of amides is 1. The lowest BCUT2D eigenvalue weighted by molar-refractivity contribution is 0.0295. The van der Waals surface area contributed by atoms with Crippen LogP contribution in [0.4, 0.5) is 5.69 Å². The molecule has 36 heavy (non-hydrogen) atoms. The van der Waals surface area contributed by atoms with E-state index in [4.69, 9.17) is 9.94 Å². The molecule has 0 aromatic heterocycles. The Bertz CT molecular complexity index is 1260. The molecule has 0 saturated carbocycles.